The Kier molecular flexibility index (Phi) is 3.74. The van der Waals surface area contributed by atoms with Gasteiger partial charge in [0, 0.05) is 32.2 Å². The van der Waals surface area contributed by atoms with Gasteiger partial charge in [-0.15, -0.1) is 0 Å². The molecule has 0 amide bonds. The van der Waals surface area contributed by atoms with Crippen LogP contribution in [-0.2, 0) is 14.9 Å². The number of rotatable bonds is 2. The summed E-state index contributed by atoms with van der Waals surface area (Å²) < 4.78 is 33.3. The van der Waals surface area contributed by atoms with E-state index in [1.807, 2.05) is 13.8 Å². The van der Waals surface area contributed by atoms with E-state index in [9.17, 15) is 8.42 Å². The van der Waals surface area contributed by atoms with Crippen LogP contribution in [0.5, 0.6) is 0 Å². The van der Waals surface area contributed by atoms with Crippen molar-refractivity contribution in [2.24, 2.45) is 5.73 Å². The Morgan fingerprint density at radius 3 is 2.18 bits per heavy atom. The average molecular weight is 263 g/mol. The monoisotopic (exact) mass is 263 g/mol. The van der Waals surface area contributed by atoms with Gasteiger partial charge in [-0.05, 0) is 20.3 Å². The number of hydrogen-bond acceptors (Lipinski definition) is 4. The molecule has 0 saturated carbocycles. The summed E-state index contributed by atoms with van der Waals surface area (Å²) in [5, 5.41) is 0. The molecule has 100 valence electrons. The van der Waals surface area contributed by atoms with Crippen LogP contribution < -0.4 is 5.73 Å². The Bertz CT molecular complexity index is 363. The predicted molar refractivity (Wildman–Crippen MR) is 64.7 cm³/mol. The highest BCUT2D eigenvalue weighted by Crippen LogP contribution is 2.20. The quantitative estimate of drug-likeness (QED) is 0.720. The van der Waals surface area contributed by atoms with Gasteiger partial charge in [0.05, 0.1) is 12.2 Å². The highest BCUT2D eigenvalue weighted by atomic mass is 32.2. The van der Waals surface area contributed by atoms with Gasteiger partial charge < -0.3 is 10.5 Å². The van der Waals surface area contributed by atoms with Crippen molar-refractivity contribution < 1.29 is 13.2 Å². The Balaban J connectivity index is 2.09. The molecule has 6 nitrogen and oxygen atoms in total. The van der Waals surface area contributed by atoms with Crippen molar-refractivity contribution in [3.05, 3.63) is 0 Å². The lowest BCUT2D eigenvalue weighted by Crippen LogP contribution is -2.52. The van der Waals surface area contributed by atoms with E-state index in [1.54, 1.807) is 0 Å². The van der Waals surface area contributed by atoms with Crippen LogP contribution in [0, 0.1) is 0 Å². The molecule has 2 N–H and O–H groups in total. The highest BCUT2D eigenvalue weighted by Gasteiger charge is 2.37. The summed E-state index contributed by atoms with van der Waals surface area (Å²) in [5.74, 6) is 0. The van der Waals surface area contributed by atoms with Gasteiger partial charge in [0.1, 0.15) is 0 Å². The number of morpholine rings is 1. The maximum absolute atomic E-state index is 12.4. The van der Waals surface area contributed by atoms with Gasteiger partial charge in [-0.3, -0.25) is 0 Å². The fourth-order valence-electron chi connectivity index (χ4n) is 2.45. The van der Waals surface area contributed by atoms with Gasteiger partial charge in [-0.1, -0.05) is 0 Å². The first-order chi connectivity index (χ1) is 7.89. The van der Waals surface area contributed by atoms with Gasteiger partial charge in [0.15, 0.2) is 0 Å². The Morgan fingerprint density at radius 2 is 1.71 bits per heavy atom. The van der Waals surface area contributed by atoms with Crippen molar-refractivity contribution in [3.63, 3.8) is 0 Å². The van der Waals surface area contributed by atoms with E-state index in [2.05, 4.69) is 0 Å². The molecule has 2 aliphatic rings. The predicted octanol–water partition coefficient (Wildman–Crippen LogP) is -0.627. The molecule has 2 fully saturated rings. The zero-order chi connectivity index (χ0) is 12.6. The standard InChI is InChI=1S/C10H21N3O3S/c1-8-5-13(6-9(2)16-8)17(14,15)12-4-3-10(11)7-12/h8-10H,3-7,11H2,1-2H3/t8-,9-,10+/m1/s1. The van der Waals surface area contributed by atoms with Gasteiger partial charge >= 0.3 is 0 Å². The summed E-state index contributed by atoms with van der Waals surface area (Å²) in [6.45, 7) is 5.62. The van der Waals surface area contributed by atoms with Crippen molar-refractivity contribution >= 4 is 10.2 Å². The van der Waals surface area contributed by atoms with Crippen LogP contribution in [0.25, 0.3) is 0 Å². The van der Waals surface area contributed by atoms with Gasteiger partial charge in [-0.25, -0.2) is 0 Å². The molecule has 0 aromatic rings. The first kappa shape index (κ1) is 13.2. The summed E-state index contributed by atoms with van der Waals surface area (Å²) in [4.78, 5) is 0. The number of nitrogens with zero attached hydrogens (tertiary/aromatic N) is 2. The third-order valence-corrected chi connectivity index (χ3v) is 5.16. The summed E-state index contributed by atoms with van der Waals surface area (Å²) >= 11 is 0. The molecule has 17 heavy (non-hydrogen) atoms. The third-order valence-electron chi connectivity index (χ3n) is 3.23. The first-order valence-electron chi connectivity index (χ1n) is 6.06. The molecule has 0 aromatic carbocycles. The fraction of sp³-hybridized carbons (Fsp3) is 1.00. The lowest BCUT2D eigenvalue weighted by Gasteiger charge is -2.36. The van der Waals surface area contributed by atoms with E-state index in [-0.39, 0.29) is 18.2 Å². The molecule has 7 heteroatoms. The van der Waals surface area contributed by atoms with Crippen LogP contribution in [0.3, 0.4) is 0 Å². The maximum atomic E-state index is 12.4. The minimum absolute atomic E-state index is 0.0272. The second-order valence-corrected chi connectivity index (χ2v) is 6.92. The van der Waals surface area contributed by atoms with Gasteiger partial charge in [-0.2, -0.15) is 17.0 Å². The normalized spacial score (nSPS) is 37.5. The lowest BCUT2D eigenvalue weighted by atomic mass is 10.3. The van der Waals surface area contributed by atoms with Crippen molar-refractivity contribution in [3.8, 4) is 0 Å². The van der Waals surface area contributed by atoms with Crippen LogP contribution in [0.4, 0.5) is 0 Å². The van der Waals surface area contributed by atoms with Crippen molar-refractivity contribution in [2.75, 3.05) is 26.2 Å². The average Bonchev–Trinajstić information content (AvgIpc) is 2.64. The van der Waals surface area contributed by atoms with Crippen LogP contribution in [0.1, 0.15) is 20.3 Å². The first-order valence-corrected chi connectivity index (χ1v) is 7.45. The molecule has 2 heterocycles. The van der Waals surface area contributed by atoms with E-state index in [0.29, 0.717) is 26.2 Å². The molecule has 0 unspecified atom stereocenters. The van der Waals surface area contributed by atoms with Crippen LogP contribution in [0.2, 0.25) is 0 Å². The Hall–Kier alpha value is -0.210. The van der Waals surface area contributed by atoms with E-state index in [0.717, 1.165) is 6.42 Å². The van der Waals surface area contributed by atoms with Crippen molar-refractivity contribution in [2.45, 2.75) is 38.5 Å². The zero-order valence-electron chi connectivity index (χ0n) is 10.4. The van der Waals surface area contributed by atoms with E-state index >= 15 is 0 Å². The zero-order valence-corrected chi connectivity index (χ0v) is 11.2. The van der Waals surface area contributed by atoms with Crippen LogP contribution in [-0.4, -0.2) is 61.5 Å². The fourth-order valence-corrected chi connectivity index (χ4v) is 4.29. The molecule has 0 bridgehead atoms. The number of ether oxygens (including phenoxy) is 1. The third kappa shape index (κ3) is 2.79. The molecule has 0 radical (unpaired) electrons. The largest absolute Gasteiger partial charge is 0.373 e. The Morgan fingerprint density at radius 1 is 1.12 bits per heavy atom. The molecule has 3 atom stereocenters. The molecule has 2 saturated heterocycles. The lowest BCUT2D eigenvalue weighted by molar-refractivity contribution is -0.0453. The maximum Gasteiger partial charge on any atom is 0.282 e. The second-order valence-electron chi connectivity index (χ2n) is 4.99. The summed E-state index contributed by atoms with van der Waals surface area (Å²) in [6.07, 6.45) is 0.642. The number of nitrogens with two attached hydrogens (primary N) is 1. The topological polar surface area (TPSA) is 75.9 Å². The minimum atomic E-state index is -3.35. The van der Waals surface area contributed by atoms with Crippen molar-refractivity contribution in [1.82, 2.24) is 8.61 Å². The highest BCUT2D eigenvalue weighted by molar-refractivity contribution is 7.86. The number of hydrogen-bond donors (Lipinski definition) is 1. The molecular formula is C10H21N3O3S. The van der Waals surface area contributed by atoms with Gasteiger partial charge in [0.25, 0.3) is 10.2 Å². The molecule has 2 rings (SSSR count). The molecule has 0 aliphatic carbocycles. The minimum Gasteiger partial charge on any atom is -0.373 e. The smallest absolute Gasteiger partial charge is 0.282 e. The Labute approximate surface area is 103 Å². The van der Waals surface area contributed by atoms with E-state index < -0.39 is 10.2 Å². The van der Waals surface area contributed by atoms with E-state index in [1.165, 1.54) is 8.61 Å². The summed E-state index contributed by atoms with van der Waals surface area (Å²) in [5.41, 5.74) is 5.76. The second kappa shape index (κ2) is 4.81. The summed E-state index contributed by atoms with van der Waals surface area (Å²) in [6, 6.07) is -0.0272. The molecule has 2 aliphatic heterocycles. The van der Waals surface area contributed by atoms with E-state index in [4.69, 9.17) is 10.5 Å². The molecular weight excluding hydrogens is 242 g/mol. The summed E-state index contributed by atoms with van der Waals surface area (Å²) in [7, 11) is -3.35. The SMILES string of the molecule is C[C@@H]1CN(S(=O)(=O)N2CC[C@H](N)C2)C[C@@H](C)O1. The molecule has 0 aromatic heterocycles. The molecule has 0 spiro atoms. The van der Waals surface area contributed by atoms with Gasteiger partial charge in [0.2, 0.25) is 0 Å². The van der Waals surface area contributed by atoms with Crippen molar-refractivity contribution in [1.29, 1.82) is 0 Å². The van der Waals surface area contributed by atoms with Crippen LogP contribution >= 0.6 is 0 Å². The van der Waals surface area contributed by atoms with Crippen LogP contribution in [0.15, 0.2) is 0 Å².